The number of rotatable bonds is 26. The van der Waals surface area contributed by atoms with Gasteiger partial charge < -0.3 is 28.4 Å². The third-order valence-corrected chi connectivity index (χ3v) is 9.69. The number of aromatic hydroxyl groups is 1. The van der Waals surface area contributed by atoms with Gasteiger partial charge in [-0.3, -0.25) is 14.7 Å². The van der Waals surface area contributed by atoms with E-state index in [0.717, 1.165) is 37.9 Å². The van der Waals surface area contributed by atoms with Crippen LogP contribution in [0.25, 0.3) is 0 Å². The number of para-hydroxylation sites is 1. The lowest BCUT2D eigenvalue weighted by molar-refractivity contribution is -0.176. The molecule has 0 bridgehead atoms. The van der Waals surface area contributed by atoms with Crippen molar-refractivity contribution in [1.29, 1.82) is 0 Å². The summed E-state index contributed by atoms with van der Waals surface area (Å²) in [6, 6.07) is 7.72. The van der Waals surface area contributed by atoms with E-state index in [1.165, 1.54) is 76.7 Å². The zero-order valence-corrected chi connectivity index (χ0v) is 34.0. The lowest BCUT2D eigenvalue weighted by atomic mass is 10.0. The minimum atomic E-state index is -3.86. The topological polar surface area (TPSA) is 147 Å². The molecule has 1 aromatic carbocycles. The highest BCUT2D eigenvalue weighted by Crippen LogP contribution is 2.44. The van der Waals surface area contributed by atoms with E-state index in [2.05, 4.69) is 17.2 Å². The first kappa shape index (κ1) is 46.2. The quantitative estimate of drug-likeness (QED) is 0.0535. The number of carbonyl (C=O) groups excluding carboxylic acids is 2. The van der Waals surface area contributed by atoms with Crippen LogP contribution in [0, 0.1) is 0 Å². The number of phenolic OH excluding ortho intramolecular Hbond substituents is 1. The van der Waals surface area contributed by atoms with Crippen LogP contribution >= 0.6 is 9.03 Å². The number of carbonyl (C=O) groups is 2. The number of nitrogens with zero attached hydrogens (tertiary/aromatic N) is 2. The van der Waals surface area contributed by atoms with Crippen molar-refractivity contribution in [3.05, 3.63) is 52.6 Å². The third kappa shape index (κ3) is 17.2. The molecule has 1 saturated heterocycles. The molecule has 1 aromatic heterocycles. The van der Waals surface area contributed by atoms with E-state index in [9.17, 15) is 19.5 Å². The number of nitrogens with one attached hydrogen (secondary N) is 1. The van der Waals surface area contributed by atoms with Crippen LogP contribution in [0.15, 0.2) is 41.3 Å². The van der Waals surface area contributed by atoms with Gasteiger partial charge in [-0.25, -0.2) is 9.59 Å². The number of esters is 1. The van der Waals surface area contributed by atoms with Crippen molar-refractivity contribution in [3.8, 4) is 5.75 Å². The van der Waals surface area contributed by atoms with Crippen LogP contribution in [0.1, 0.15) is 149 Å². The molecule has 0 radical (unpaired) electrons. The van der Waals surface area contributed by atoms with Crippen molar-refractivity contribution in [2.24, 2.45) is 0 Å². The minimum Gasteiger partial charge on any atom is -0.508 e. The van der Waals surface area contributed by atoms with Crippen molar-refractivity contribution in [2.75, 3.05) is 11.9 Å². The zero-order chi connectivity index (χ0) is 40.1. The second-order valence-electron chi connectivity index (χ2n) is 15.1. The van der Waals surface area contributed by atoms with Crippen LogP contribution in [0.2, 0.25) is 0 Å². The van der Waals surface area contributed by atoms with Gasteiger partial charge in [-0.2, -0.15) is 13.8 Å². The van der Waals surface area contributed by atoms with Crippen LogP contribution < -0.4 is 11.0 Å². The Kier molecular flexibility index (Phi) is 20.5. The van der Waals surface area contributed by atoms with Crippen molar-refractivity contribution >= 4 is 26.9 Å². The first-order valence-corrected chi connectivity index (χ1v) is 20.7. The first-order chi connectivity index (χ1) is 26.3. The molecule has 4 atom stereocenters. The molecular formula is C40H62F2N3O9P. The Morgan fingerprint density at radius 3 is 2.05 bits per heavy atom. The fraction of sp³-hybridized carbons (Fsp3) is 0.700. The van der Waals surface area contributed by atoms with Crippen LogP contribution in [0.3, 0.4) is 0 Å². The number of phenols is 1. The average Bonchev–Trinajstić information content (AvgIpc) is 3.36. The van der Waals surface area contributed by atoms with E-state index in [1.807, 2.05) is 0 Å². The van der Waals surface area contributed by atoms with Crippen molar-refractivity contribution < 1.29 is 46.7 Å². The third-order valence-electron chi connectivity index (χ3n) is 9.14. The van der Waals surface area contributed by atoms with Gasteiger partial charge in [0.15, 0.2) is 15.1 Å². The molecule has 12 nitrogen and oxygen atoms in total. The lowest BCUT2D eigenvalue weighted by Gasteiger charge is -2.24. The van der Waals surface area contributed by atoms with E-state index >= 15 is 8.78 Å². The van der Waals surface area contributed by atoms with Gasteiger partial charge >= 0.3 is 23.7 Å². The number of anilines is 1. The molecule has 0 saturated carbocycles. The molecule has 1 unspecified atom stereocenters. The Balaban J connectivity index is 1.48. The lowest BCUT2D eigenvalue weighted by Crippen LogP contribution is -2.44. The SMILES string of the molecule is CCCCCCCCCCCCCCCCCCC(=O)O[C@@H]1[C@@H](COPOCc2ccccc2O)O[C@@H](n2ccc(NC(=O)OC(C)(C)C)nc2=O)C1(F)F. The summed E-state index contributed by atoms with van der Waals surface area (Å²) < 4.78 is 59.7. The van der Waals surface area contributed by atoms with Crippen molar-refractivity contribution in [2.45, 2.75) is 173 Å². The van der Waals surface area contributed by atoms with Crippen LogP contribution in [0.4, 0.5) is 19.4 Å². The maximum atomic E-state index is 16.0. The smallest absolute Gasteiger partial charge is 0.413 e. The molecule has 2 N–H and O–H groups in total. The number of benzene rings is 1. The summed E-state index contributed by atoms with van der Waals surface area (Å²) in [6.07, 6.45) is 13.2. The van der Waals surface area contributed by atoms with E-state index < -0.39 is 63.4 Å². The van der Waals surface area contributed by atoms with Crippen LogP contribution in [-0.2, 0) is 34.7 Å². The summed E-state index contributed by atoms with van der Waals surface area (Å²) in [4.78, 5) is 41.6. The van der Waals surface area contributed by atoms with E-state index in [0.29, 0.717) is 16.6 Å². The Hall–Kier alpha value is -3.19. The normalized spacial score (nSPS) is 18.2. The summed E-state index contributed by atoms with van der Waals surface area (Å²) in [6.45, 7) is 6.78. The number of alkyl halides is 2. The molecule has 1 aliphatic heterocycles. The van der Waals surface area contributed by atoms with Gasteiger partial charge in [0, 0.05) is 18.2 Å². The van der Waals surface area contributed by atoms with Gasteiger partial charge in [0.2, 0.25) is 6.23 Å². The molecule has 310 valence electrons. The molecule has 2 aromatic rings. The second-order valence-corrected chi connectivity index (χ2v) is 15.9. The molecule has 1 amide bonds. The first-order valence-electron chi connectivity index (χ1n) is 19.9. The second kappa shape index (κ2) is 24.4. The average molecular weight is 798 g/mol. The number of amides is 1. The maximum Gasteiger partial charge on any atom is 0.413 e. The summed E-state index contributed by atoms with van der Waals surface area (Å²) in [7, 11) is -0.615. The molecule has 3 rings (SSSR count). The summed E-state index contributed by atoms with van der Waals surface area (Å²) >= 11 is 0. The monoisotopic (exact) mass is 797 g/mol. The van der Waals surface area contributed by atoms with Gasteiger partial charge in [-0.1, -0.05) is 121 Å². The fourth-order valence-corrected chi connectivity index (χ4v) is 6.76. The Morgan fingerprint density at radius 1 is 0.909 bits per heavy atom. The predicted octanol–water partition coefficient (Wildman–Crippen LogP) is 10.1. The molecule has 15 heteroatoms. The number of hydrogen-bond acceptors (Lipinski definition) is 10. The number of aromatic nitrogens is 2. The summed E-state index contributed by atoms with van der Waals surface area (Å²) in [5.41, 5.74) is -1.44. The Bertz CT molecular complexity index is 1490. The molecule has 1 aliphatic rings. The minimum absolute atomic E-state index is 0.0118. The Morgan fingerprint density at radius 2 is 1.49 bits per heavy atom. The highest BCUT2D eigenvalue weighted by molar-refractivity contribution is 7.26. The molecule has 0 spiro atoms. The highest BCUT2D eigenvalue weighted by atomic mass is 31.1. The molecule has 2 heterocycles. The number of hydrogen-bond donors (Lipinski definition) is 2. The van der Waals surface area contributed by atoms with Crippen molar-refractivity contribution in [3.63, 3.8) is 0 Å². The van der Waals surface area contributed by atoms with Gasteiger partial charge in [-0.15, -0.1) is 0 Å². The van der Waals surface area contributed by atoms with Gasteiger partial charge in [0.05, 0.1) is 13.2 Å². The van der Waals surface area contributed by atoms with Gasteiger partial charge in [0.25, 0.3) is 0 Å². The molecule has 55 heavy (non-hydrogen) atoms. The highest BCUT2D eigenvalue weighted by Gasteiger charge is 2.62. The van der Waals surface area contributed by atoms with Crippen LogP contribution in [-0.4, -0.2) is 57.1 Å². The Labute approximate surface area is 326 Å². The van der Waals surface area contributed by atoms with E-state index in [1.54, 1.807) is 39.0 Å². The number of ether oxygens (including phenoxy) is 3. The number of halogens is 2. The predicted molar refractivity (Wildman–Crippen MR) is 208 cm³/mol. The molecular weight excluding hydrogens is 735 g/mol. The maximum absolute atomic E-state index is 16.0. The summed E-state index contributed by atoms with van der Waals surface area (Å²) in [5.74, 6) is -4.83. The zero-order valence-electron chi connectivity index (χ0n) is 33.0. The summed E-state index contributed by atoms with van der Waals surface area (Å²) in [5, 5.41) is 12.2. The largest absolute Gasteiger partial charge is 0.508 e. The fourth-order valence-electron chi connectivity index (χ4n) is 6.23. The number of unbranched alkanes of at least 4 members (excludes halogenated alkanes) is 15. The van der Waals surface area contributed by atoms with Crippen LogP contribution in [0.5, 0.6) is 5.75 Å². The molecule has 1 fully saturated rings. The van der Waals surface area contributed by atoms with E-state index in [4.69, 9.17) is 23.3 Å². The van der Waals surface area contributed by atoms with E-state index in [-0.39, 0.29) is 24.6 Å². The van der Waals surface area contributed by atoms with Gasteiger partial charge in [0.1, 0.15) is 23.3 Å². The van der Waals surface area contributed by atoms with Crippen molar-refractivity contribution in [1.82, 2.24) is 9.55 Å². The van der Waals surface area contributed by atoms with Gasteiger partial charge in [-0.05, 0) is 39.3 Å². The molecule has 0 aliphatic carbocycles. The standard InChI is InChI=1S/C40H62F2N3O9P/c1-5-6-7-8-9-10-11-12-13-14-15-16-17-18-19-20-25-34(47)53-35-32(29-51-55-50-28-30-23-21-22-24-31(30)46)52-36(40(35,41)42)45-27-26-33(43-37(45)48)44-38(49)54-39(2,3)4/h21-24,26-27,32,35-36,46,55H,5-20,25,28-29H2,1-4H3,(H,43,44,48,49)/t32-,35-,36-/m1/s1.